The Morgan fingerprint density at radius 1 is 1.15 bits per heavy atom. The topological polar surface area (TPSA) is 127 Å². The molecule has 3 heterocycles. The first-order chi connectivity index (χ1) is 19.2. The SMILES string of the molecule is CC(C)(C)OC(=O)N[C@H]1CCNC[C@@H]1Oc1ccc2c(c1)CN(C1CCC(=O)N(COCC[Si](C)(C)C)C1=O)C2=O. The Hall–Kier alpha value is -2.96. The molecule has 3 aliphatic heterocycles. The van der Waals surface area contributed by atoms with Crippen molar-refractivity contribution in [1.82, 2.24) is 20.4 Å². The number of amides is 4. The molecule has 2 N–H and O–H groups in total. The number of hydrogen-bond donors (Lipinski definition) is 2. The van der Waals surface area contributed by atoms with Crippen molar-refractivity contribution in [2.45, 2.75) is 96.1 Å². The summed E-state index contributed by atoms with van der Waals surface area (Å²) in [5, 5.41) is 6.22. The van der Waals surface area contributed by atoms with Crippen LogP contribution in [0.2, 0.25) is 25.7 Å². The molecule has 1 aromatic rings. The Morgan fingerprint density at radius 2 is 1.90 bits per heavy atom. The molecule has 0 spiro atoms. The highest BCUT2D eigenvalue weighted by Gasteiger charge is 2.43. The van der Waals surface area contributed by atoms with Crippen LogP contribution in [0.25, 0.3) is 0 Å². The van der Waals surface area contributed by atoms with E-state index in [4.69, 9.17) is 14.2 Å². The molecular weight excluding hydrogens is 544 g/mol. The maximum atomic E-state index is 13.3. The molecule has 12 heteroatoms. The van der Waals surface area contributed by atoms with Crippen LogP contribution in [-0.2, 0) is 25.6 Å². The lowest BCUT2D eigenvalue weighted by molar-refractivity contribution is -0.158. The summed E-state index contributed by atoms with van der Waals surface area (Å²) < 4.78 is 17.4. The number of piperidine rings is 2. The van der Waals surface area contributed by atoms with Crippen LogP contribution in [0, 0.1) is 0 Å². The Balaban J connectivity index is 1.39. The number of rotatable bonds is 9. The van der Waals surface area contributed by atoms with E-state index < -0.39 is 31.7 Å². The molecule has 3 aliphatic rings. The first kappa shape index (κ1) is 31.0. The summed E-state index contributed by atoms with van der Waals surface area (Å²) in [6.45, 7) is 14.1. The number of likely N-dealkylation sites (tertiary alicyclic amines) is 1. The minimum atomic E-state index is -1.30. The molecule has 226 valence electrons. The molecule has 4 rings (SSSR count). The van der Waals surface area contributed by atoms with Gasteiger partial charge in [-0.2, -0.15) is 0 Å². The van der Waals surface area contributed by atoms with E-state index in [0.29, 0.717) is 30.9 Å². The summed E-state index contributed by atoms with van der Waals surface area (Å²) in [4.78, 5) is 54.2. The van der Waals surface area contributed by atoms with Crippen molar-refractivity contribution < 1.29 is 33.4 Å². The largest absolute Gasteiger partial charge is 0.487 e. The Bertz CT molecular complexity index is 1160. The maximum Gasteiger partial charge on any atom is 0.408 e. The number of imide groups is 1. The Kier molecular flexibility index (Phi) is 9.44. The molecule has 0 aliphatic carbocycles. The summed E-state index contributed by atoms with van der Waals surface area (Å²) in [5.41, 5.74) is 0.678. The van der Waals surface area contributed by atoms with Crippen molar-refractivity contribution in [1.29, 1.82) is 0 Å². The fourth-order valence-electron chi connectivity index (χ4n) is 5.18. The van der Waals surface area contributed by atoms with E-state index in [-0.39, 0.29) is 50.1 Å². The van der Waals surface area contributed by atoms with Crippen LogP contribution < -0.4 is 15.4 Å². The molecule has 0 saturated carbocycles. The number of nitrogens with one attached hydrogen (secondary N) is 2. The maximum absolute atomic E-state index is 13.3. The number of hydrogen-bond acceptors (Lipinski definition) is 8. The zero-order valence-corrected chi connectivity index (χ0v) is 26.1. The third-order valence-corrected chi connectivity index (χ3v) is 9.11. The summed E-state index contributed by atoms with van der Waals surface area (Å²) in [7, 11) is -1.30. The van der Waals surface area contributed by atoms with E-state index in [1.807, 2.05) is 26.8 Å². The van der Waals surface area contributed by atoms with Gasteiger partial charge in [0.05, 0.1) is 6.04 Å². The molecule has 41 heavy (non-hydrogen) atoms. The van der Waals surface area contributed by atoms with Gasteiger partial charge >= 0.3 is 6.09 Å². The average molecular weight is 589 g/mol. The van der Waals surface area contributed by atoms with Crippen molar-refractivity contribution in [3.63, 3.8) is 0 Å². The van der Waals surface area contributed by atoms with Gasteiger partial charge in [0.1, 0.15) is 30.2 Å². The predicted octanol–water partition coefficient (Wildman–Crippen LogP) is 3.11. The summed E-state index contributed by atoms with van der Waals surface area (Å²) in [6, 6.07) is 5.25. The zero-order valence-electron chi connectivity index (χ0n) is 25.1. The van der Waals surface area contributed by atoms with Crippen LogP contribution in [-0.4, -0.2) is 91.9 Å². The molecule has 4 amide bonds. The van der Waals surface area contributed by atoms with Crippen LogP contribution >= 0.6 is 0 Å². The number of ether oxygens (including phenoxy) is 3. The zero-order chi connectivity index (χ0) is 29.9. The van der Waals surface area contributed by atoms with E-state index in [1.165, 1.54) is 0 Å². The fourth-order valence-corrected chi connectivity index (χ4v) is 5.93. The van der Waals surface area contributed by atoms with E-state index in [0.717, 1.165) is 23.1 Å². The third-order valence-electron chi connectivity index (χ3n) is 7.40. The minimum absolute atomic E-state index is 0.0838. The van der Waals surface area contributed by atoms with E-state index in [1.54, 1.807) is 17.0 Å². The average Bonchev–Trinajstić information content (AvgIpc) is 3.18. The van der Waals surface area contributed by atoms with E-state index >= 15 is 0 Å². The number of alkyl carbamates (subject to hydrolysis) is 1. The second kappa shape index (κ2) is 12.5. The number of carbonyl (C=O) groups is 4. The van der Waals surface area contributed by atoms with Crippen LogP contribution in [0.1, 0.15) is 56.0 Å². The molecule has 1 aromatic carbocycles. The predicted molar refractivity (Wildman–Crippen MR) is 155 cm³/mol. The van der Waals surface area contributed by atoms with Crippen molar-refractivity contribution in [3.05, 3.63) is 29.3 Å². The molecule has 0 aromatic heterocycles. The molecule has 0 bridgehead atoms. The first-order valence-electron chi connectivity index (χ1n) is 14.4. The molecule has 1 unspecified atom stereocenters. The number of carbonyl (C=O) groups excluding carboxylic acids is 4. The number of fused-ring (bicyclic) bond motifs is 1. The van der Waals surface area contributed by atoms with Crippen molar-refractivity contribution in [2.75, 3.05) is 26.4 Å². The quantitative estimate of drug-likeness (QED) is 0.256. The first-order valence-corrected chi connectivity index (χ1v) is 18.2. The van der Waals surface area contributed by atoms with Crippen LogP contribution in [0.4, 0.5) is 4.79 Å². The van der Waals surface area contributed by atoms with Crippen LogP contribution in [0.15, 0.2) is 18.2 Å². The van der Waals surface area contributed by atoms with E-state index in [2.05, 4.69) is 30.3 Å². The molecular formula is C29H44N4O7Si. The molecule has 2 fully saturated rings. The minimum Gasteiger partial charge on any atom is -0.487 e. The van der Waals surface area contributed by atoms with Crippen molar-refractivity contribution in [3.8, 4) is 5.75 Å². The Labute approximate surface area is 243 Å². The fraction of sp³-hybridized carbons (Fsp3) is 0.655. The number of nitrogens with zero attached hydrogens (tertiary/aromatic N) is 2. The number of benzene rings is 1. The lowest BCUT2D eigenvalue weighted by Gasteiger charge is -2.35. The molecule has 3 atom stereocenters. The van der Waals surface area contributed by atoms with Gasteiger partial charge in [-0.1, -0.05) is 19.6 Å². The summed E-state index contributed by atoms with van der Waals surface area (Å²) in [5.74, 6) is -0.320. The molecule has 11 nitrogen and oxygen atoms in total. The van der Waals surface area contributed by atoms with Crippen molar-refractivity contribution >= 4 is 31.9 Å². The third kappa shape index (κ3) is 8.07. The highest BCUT2D eigenvalue weighted by atomic mass is 28.3. The van der Waals surface area contributed by atoms with E-state index in [9.17, 15) is 19.2 Å². The Morgan fingerprint density at radius 3 is 2.61 bits per heavy atom. The van der Waals surface area contributed by atoms with Gasteiger partial charge in [0, 0.05) is 39.8 Å². The molecule has 2 saturated heterocycles. The lowest BCUT2D eigenvalue weighted by atomic mass is 10.0. The smallest absolute Gasteiger partial charge is 0.408 e. The van der Waals surface area contributed by atoms with Gasteiger partial charge in [-0.25, -0.2) is 4.79 Å². The van der Waals surface area contributed by atoms with Gasteiger partial charge in [0.25, 0.3) is 11.8 Å². The second-order valence-electron chi connectivity index (χ2n) is 13.2. The standard InChI is InChI=1S/C29H44N4O7Si/c1-29(2,3)40-28(37)31-22-11-12-30-16-24(22)39-20-7-8-21-19(15-20)17-32(26(21)35)23-9-10-25(34)33(27(23)36)18-38-13-14-41(4,5)6/h7-8,15,22-24,30H,9-14,16-18H2,1-6H3,(H,31,37)/t22-,23?,24-/m0/s1. The van der Waals surface area contributed by atoms with Gasteiger partial charge < -0.3 is 29.7 Å². The monoisotopic (exact) mass is 588 g/mol. The van der Waals surface area contributed by atoms with Crippen molar-refractivity contribution in [2.24, 2.45) is 0 Å². The highest BCUT2D eigenvalue weighted by Crippen LogP contribution is 2.32. The summed E-state index contributed by atoms with van der Waals surface area (Å²) >= 11 is 0. The second-order valence-corrected chi connectivity index (χ2v) is 18.8. The van der Waals surface area contributed by atoms with Gasteiger partial charge in [-0.15, -0.1) is 0 Å². The van der Waals surface area contributed by atoms with Gasteiger partial charge in [-0.05, 0) is 70.0 Å². The lowest BCUT2D eigenvalue weighted by Crippen LogP contribution is -2.55. The van der Waals surface area contributed by atoms with Gasteiger partial charge in [0.2, 0.25) is 5.91 Å². The summed E-state index contributed by atoms with van der Waals surface area (Å²) in [6.07, 6.45) is 0.338. The van der Waals surface area contributed by atoms with Crippen LogP contribution in [0.3, 0.4) is 0 Å². The van der Waals surface area contributed by atoms with Crippen LogP contribution in [0.5, 0.6) is 5.75 Å². The van der Waals surface area contributed by atoms with Gasteiger partial charge in [-0.3, -0.25) is 19.3 Å². The van der Waals surface area contributed by atoms with Gasteiger partial charge in [0.15, 0.2) is 0 Å². The highest BCUT2D eigenvalue weighted by molar-refractivity contribution is 6.76. The molecule has 0 radical (unpaired) electrons. The normalized spacial score (nSPS) is 23.5.